The second-order valence-corrected chi connectivity index (χ2v) is 6.02. The van der Waals surface area contributed by atoms with E-state index in [1.807, 2.05) is 0 Å². The molecule has 3 heteroatoms. The quantitative estimate of drug-likeness (QED) is 0.903. The zero-order valence-electron chi connectivity index (χ0n) is 12.7. The van der Waals surface area contributed by atoms with Crippen LogP contribution in [0.5, 0.6) is 0 Å². The van der Waals surface area contributed by atoms with E-state index in [9.17, 15) is 0 Å². The van der Waals surface area contributed by atoms with Gasteiger partial charge in [-0.1, -0.05) is 18.2 Å². The van der Waals surface area contributed by atoms with E-state index in [4.69, 9.17) is 5.73 Å². The van der Waals surface area contributed by atoms with Gasteiger partial charge in [0.25, 0.3) is 0 Å². The van der Waals surface area contributed by atoms with Crippen molar-refractivity contribution in [2.75, 3.05) is 20.1 Å². The Kier molecular flexibility index (Phi) is 4.61. The summed E-state index contributed by atoms with van der Waals surface area (Å²) in [6.07, 6.45) is 0. The average molecular weight is 261 g/mol. The van der Waals surface area contributed by atoms with E-state index >= 15 is 0 Å². The lowest BCUT2D eigenvalue weighted by Crippen LogP contribution is -2.54. The van der Waals surface area contributed by atoms with Crippen molar-refractivity contribution in [2.24, 2.45) is 5.73 Å². The van der Waals surface area contributed by atoms with Gasteiger partial charge in [0.1, 0.15) is 0 Å². The van der Waals surface area contributed by atoms with Gasteiger partial charge in [-0.3, -0.25) is 9.80 Å². The van der Waals surface area contributed by atoms with Crippen molar-refractivity contribution in [2.45, 2.75) is 45.9 Å². The van der Waals surface area contributed by atoms with Crippen LogP contribution >= 0.6 is 0 Å². The fraction of sp³-hybridized carbons (Fsp3) is 0.625. The van der Waals surface area contributed by atoms with E-state index in [2.05, 4.69) is 55.8 Å². The van der Waals surface area contributed by atoms with Crippen molar-refractivity contribution in [3.63, 3.8) is 0 Å². The molecular weight excluding hydrogens is 234 g/mol. The van der Waals surface area contributed by atoms with E-state index in [0.29, 0.717) is 18.6 Å². The zero-order chi connectivity index (χ0) is 14.0. The van der Waals surface area contributed by atoms with Crippen molar-refractivity contribution in [3.05, 3.63) is 34.9 Å². The first-order valence-electron chi connectivity index (χ1n) is 7.24. The van der Waals surface area contributed by atoms with Gasteiger partial charge in [-0.25, -0.2) is 0 Å². The molecule has 0 bridgehead atoms. The Morgan fingerprint density at radius 3 is 2.37 bits per heavy atom. The highest BCUT2D eigenvalue weighted by molar-refractivity contribution is 5.31. The largest absolute Gasteiger partial charge is 0.326 e. The van der Waals surface area contributed by atoms with Crippen LogP contribution in [-0.2, 0) is 13.1 Å². The first-order chi connectivity index (χ1) is 9.01. The molecule has 1 aromatic carbocycles. The van der Waals surface area contributed by atoms with Gasteiger partial charge in [-0.2, -0.15) is 0 Å². The van der Waals surface area contributed by atoms with E-state index in [1.165, 1.54) is 16.7 Å². The van der Waals surface area contributed by atoms with Crippen LogP contribution in [0.25, 0.3) is 0 Å². The summed E-state index contributed by atoms with van der Waals surface area (Å²) in [7, 11) is 2.23. The summed E-state index contributed by atoms with van der Waals surface area (Å²) in [5.41, 5.74) is 9.71. The molecule has 0 amide bonds. The fourth-order valence-electron chi connectivity index (χ4n) is 2.95. The Morgan fingerprint density at radius 2 is 1.84 bits per heavy atom. The molecule has 1 fully saturated rings. The number of nitrogens with two attached hydrogens (primary N) is 1. The summed E-state index contributed by atoms with van der Waals surface area (Å²) in [4.78, 5) is 5.04. The van der Waals surface area contributed by atoms with Crippen molar-refractivity contribution >= 4 is 0 Å². The lowest BCUT2D eigenvalue weighted by Gasteiger charge is -2.42. The molecule has 0 spiro atoms. The smallest absolute Gasteiger partial charge is 0.0237 e. The third-order valence-electron chi connectivity index (χ3n) is 4.47. The number of hydrogen-bond donors (Lipinski definition) is 1. The van der Waals surface area contributed by atoms with Crippen LogP contribution in [0.3, 0.4) is 0 Å². The molecule has 106 valence electrons. The van der Waals surface area contributed by atoms with E-state index in [-0.39, 0.29) is 0 Å². The number of benzene rings is 1. The fourth-order valence-corrected chi connectivity index (χ4v) is 2.95. The molecule has 0 radical (unpaired) electrons. The van der Waals surface area contributed by atoms with Gasteiger partial charge in [-0.05, 0) is 44.5 Å². The van der Waals surface area contributed by atoms with Crippen LogP contribution in [0.2, 0.25) is 0 Å². The Labute approximate surface area is 117 Å². The molecule has 2 unspecified atom stereocenters. The van der Waals surface area contributed by atoms with Crippen LogP contribution in [0.1, 0.15) is 30.5 Å². The van der Waals surface area contributed by atoms with Gasteiger partial charge >= 0.3 is 0 Å². The van der Waals surface area contributed by atoms with Crippen molar-refractivity contribution in [1.82, 2.24) is 9.80 Å². The van der Waals surface area contributed by atoms with Crippen LogP contribution in [0.4, 0.5) is 0 Å². The van der Waals surface area contributed by atoms with Crippen LogP contribution < -0.4 is 5.73 Å². The van der Waals surface area contributed by atoms with Crippen molar-refractivity contribution in [1.29, 1.82) is 0 Å². The number of piperazine rings is 1. The third-order valence-corrected chi connectivity index (χ3v) is 4.47. The normalized spacial score (nSPS) is 25.7. The van der Waals surface area contributed by atoms with E-state index in [0.717, 1.165) is 19.6 Å². The second kappa shape index (κ2) is 6.04. The molecule has 2 N–H and O–H groups in total. The van der Waals surface area contributed by atoms with E-state index in [1.54, 1.807) is 0 Å². The maximum absolute atomic E-state index is 5.69. The maximum Gasteiger partial charge on any atom is 0.0237 e. The SMILES string of the molecule is Cc1cc(CN)ccc1CN1CC(C)N(C)C(C)C1. The Bertz CT molecular complexity index is 418. The van der Waals surface area contributed by atoms with Crippen LogP contribution in [0, 0.1) is 6.92 Å². The van der Waals surface area contributed by atoms with Gasteiger partial charge in [0, 0.05) is 38.3 Å². The highest BCUT2D eigenvalue weighted by Gasteiger charge is 2.26. The molecule has 0 aromatic heterocycles. The number of aryl methyl sites for hydroxylation is 1. The summed E-state index contributed by atoms with van der Waals surface area (Å²) in [5, 5.41) is 0. The first-order valence-corrected chi connectivity index (χ1v) is 7.24. The Hall–Kier alpha value is -0.900. The predicted octanol–water partition coefficient (Wildman–Crippen LogP) is 1.98. The highest BCUT2D eigenvalue weighted by atomic mass is 15.3. The summed E-state index contributed by atoms with van der Waals surface area (Å²) in [5.74, 6) is 0. The van der Waals surface area contributed by atoms with Crippen molar-refractivity contribution in [3.8, 4) is 0 Å². The minimum Gasteiger partial charge on any atom is -0.326 e. The average Bonchev–Trinajstić information content (AvgIpc) is 2.38. The lowest BCUT2D eigenvalue weighted by molar-refractivity contribution is 0.0555. The Balaban J connectivity index is 2.05. The summed E-state index contributed by atoms with van der Waals surface area (Å²) >= 11 is 0. The van der Waals surface area contributed by atoms with Gasteiger partial charge in [0.15, 0.2) is 0 Å². The molecule has 1 heterocycles. The topological polar surface area (TPSA) is 32.5 Å². The lowest BCUT2D eigenvalue weighted by atomic mass is 10.0. The standard InChI is InChI=1S/C16H27N3/c1-12-7-15(8-17)5-6-16(12)11-19-9-13(2)18(4)14(3)10-19/h5-7,13-14H,8-11,17H2,1-4H3. The number of nitrogens with zero attached hydrogens (tertiary/aromatic N) is 2. The monoisotopic (exact) mass is 261 g/mol. The minimum atomic E-state index is 0.629. The number of likely N-dealkylation sites (N-methyl/N-ethyl adjacent to an activating group) is 1. The summed E-state index contributed by atoms with van der Waals surface area (Å²) < 4.78 is 0. The molecule has 2 atom stereocenters. The van der Waals surface area contributed by atoms with Crippen molar-refractivity contribution < 1.29 is 0 Å². The van der Waals surface area contributed by atoms with E-state index < -0.39 is 0 Å². The number of rotatable bonds is 3. The molecule has 1 aliphatic rings. The Morgan fingerprint density at radius 1 is 1.21 bits per heavy atom. The summed E-state index contributed by atoms with van der Waals surface area (Å²) in [6, 6.07) is 7.88. The van der Waals surface area contributed by atoms with Gasteiger partial charge in [0.2, 0.25) is 0 Å². The molecule has 0 saturated carbocycles. The van der Waals surface area contributed by atoms with Gasteiger partial charge in [-0.15, -0.1) is 0 Å². The first kappa shape index (κ1) is 14.5. The second-order valence-electron chi connectivity index (χ2n) is 6.02. The predicted molar refractivity (Wildman–Crippen MR) is 81.0 cm³/mol. The molecule has 1 aromatic rings. The molecule has 1 saturated heterocycles. The number of hydrogen-bond acceptors (Lipinski definition) is 3. The molecule has 19 heavy (non-hydrogen) atoms. The molecule has 3 nitrogen and oxygen atoms in total. The van der Waals surface area contributed by atoms with Gasteiger partial charge in [0.05, 0.1) is 0 Å². The molecular formula is C16H27N3. The molecule has 0 aliphatic carbocycles. The highest BCUT2D eigenvalue weighted by Crippen LogP contribution is 2.18. The van der Waals surface area contributed by atoms with Crippen LogP contribution in [-0.4, -0.2) is 42.0 Å². The minimum absolute atomic E-state index is 0.629. The third kappa shape index (κ3) is 3.35. The molecule has 1 aliphatic heterocycles. The maximum atomic E-state index is 5.69. The summed E-state index contributed by atoms with van der Waals surface area (Å²) in [6.45, 7) is 10.8. The van der Waals surface area contributed by atoms with Crippen LogP contribution in [0.15, 0.2) is 18.2 Å². The van der Waals surface area contributed by atoms with Gasteiger partial charge < -0.3 is 5.73 Å². The molecule has 2 rings (SSSR count). The zero-order valence-corrected chi connectivity index (χ0v) is 12.7.